The first kappa shape index (κ1) is 18.2. The average molecular weight is 381 g/mol. The van der Waals surface area contributed by atoms with Crippen LogP contribution < -0.4 is 4.74 Å². The smallest absolute Gasteiger partial charge is 0.227 e. The van der Waals surface area contributed by atoms with Gasteiger partial charge in [-0.05, 0) is 68.2 Å². The lowest BCUT2D eigenvalue weighted by molar-refractivity contribution is -0.135. The molecule has 3 aliphatic heterocycles. The number of ether oxygens (including phenoxy) is 1. The van der Waals surface area contributed by atoms with Gasteiger partial charge in [0.25, 0.3) is 0 Å². The lowest BCUT2D eigenvalue weighted by Gasteiger charge is -2.54. The van der Waals surface area contributed by atoms with Crippen LogP contribution in [0.25, 0.3) is 0 Å². The van der Waals surface area contributed by atoms with Crippen molar-refractivity contribution in [2.75, 3.05) is 26.7 Å². The zero-order valence-electron chi connectivity index (χ0n) is 17.0. The van der Waals surface area contributed by atoms with E-state index >= 15 is 0 Å². The number of hydrogen-bond donors (Lipinski definition) is 0. The van der Waals surface area contributed by atoms with E-state index < -0.39 is 0 Å². The summed E-state index contributed by atoms with van der Waals surface area (Å²) in [6.45, 7) is 3.37. The van der Waals surface area contributed by atoms with Gasteiger partial charge in [0.15, 0.2) is 0 Å². The predicted molar refractivity (Wildman–Crippen MR) is 110 cm³/mol. The van der Waals surface area contributed by atoms with Crippen LogP contribution in [-0.2, 0) is 11.2 Å². The molecule has 150 valence electrons. The second-order valence-corrected chi connectivity index (χ2v) is 9.12. The average Bonchev–Trinajstić information content (AvgIpc) is 2.74. The van der Waals surface area contributed by atoms with Crippen LogP contribution >= 0.6 is 0 Å². The molecule has 4 nitrogen and oxygen atoms in total. The van der Waals surface area contributed by atoms with Crippen molar-refractivity contribution in [2.45, 2.75) is 57.0 Å². The van der Waals surface area contributed by atoms with E-state index in [0.717, 1.165) is 36.2 Å². The first-order valence-electron chi connectivity index (χ1n) is 11.1. The molecule has 4 heteroatoms. The van der Waals surface area contributed by atoms with Gasteiger partial charge in [-0.3, -0.25) is 9.69 Å². The van der Waals surface area contributed by atoms with E-state index in [9.17, 15) is 4.79 Å². The van der Waals surface area contributed by atoms with Crippen LogP contribution in [0, 0.1) is 11.8 Å². The molecule has 0 unspecified atom stereocenters. The summed E-state index contributed by atoms with van der Waals surface area (Å²) in [7, 11) is 1.68. The molecular weight excluding hydrogens is 348 g/mol. The van der Waals surface area contributed by atoms with Gasteiger partial charge in [-0.2, -0.15) is 0 Å². The minimum absolute atomic E-state index is 0.292. The van der Waals surface area contributed by atoms with Crippen molar-refractivity contribution in [3.8, 4) is 5.75 Å². The number of rotatable bonds is 3. The molecule has 1 aromatic rings. The number of benzene rings is 1. The molecule has 5 rings (SSSR count). The normalized spacial score (nSPS) is 32.2. The summed E-state index contributed by atoms with van der Waals surface area (Å²) in [6, 6.07) is 9.06. The molecule has 4 aliphatic rings. The van der Waals surface area contributed by atoms with E-state index in [4.69, 9.17) is 4.74 Å². The Morgan fingerprint density at radius 3 is 2.82 bits per heavy atom. The maximum atomic E-state index is 13.3. The van der Waals surface area contributed by atoms with E-state index in [1.807, 2.05) is 24.3 Å². The molecule has 0 radical (unpaired) electrons. The number of fused-ring (bicyclic) bond motifs is 6. The van der Waals surface area contributed by atoms with Gasteiger partial charge in [0.1, 0.15) is 5.75 Å². The summed E-state index contributed by atoms with van der Waals surface area (Å²) in [5.74, 6) is 2.48. The summed E-state index contributed by atoms with van der Waals surface area (Å²) in [4.78, 5) is 18.2. The number of amides is 1. The van der Waals surface area contributed by atoms with E-state index in [0.29, 0.717) is 24.3 Å². The van der Waals surface area contributed by atoms with Gasteiger partial charge >= 0.3 is 0 Å². The van der Waals surface area contributed by atoms with Crippen LogP contribution in [0.15, 0.2) is 35.9 Å². The van der Waals surface area contributed by atoms with Gasteiger partial charge < -0.3 is 9.64 Å². The topological polar surface area (TPSA) is 32.8 Å². The fourth-order valence-corrected chi connectivity index (χ4v) is 6.27. The number of methoxy groups -OCH3 is 1. The lowest BCUT2D eigenvalue weighted by atomic mass is 9.68. The third-order valence-electron chi connectivity index (χ3n) is 7.49. The first-order valence-corrected chi connectivity index (χ1v) is 11.1. The minimum Gasteiger partial charge on any atom is -0.497 e. The van der Waals surface area contributed by atoms with Crippen LogP contribution in [0.2, 0.25) is 0 Å². The number of hydrogen-bond acceptors (Lipinski definition) is 3. The zero-order valence-corrected chi connectivity index (χ0v) is 17.0. The highest BCUT2D eigenvalue weighted by molar-refractivity contribution is 5.80. The van der Waals surface area contributed by atoms with Gasteiger partial charge in [-0.25, -0.2) is 0 Å². The zero-order chi connectivity index (χ0) is 19.1. The highest BCUT2D eigenvalue weighted by Crippen LogP contribution is 2.45. The Morgan fingerprint density at radius 1 is 1.14 bits per heavy atom. The second kappa shape index (κ2) is 7.55. The third kappa shape index (κ3) is 3.26. The SMILES string of the molecule is COc1ccc(CC(=O)N2CCCC3=C[C@H]4C[C@@H](CN5CCCC[C@@H]45)[C@H]32)cc1. The molecule has 1 aliphatic carbocycles. The molecule has 0 N–H and O–H groups in total. The Morgan fingerprint density at radius 2 is 2.00 bits per heavy atom. The molecule has 28 heavy (non-hydrogen) atoms. The maximum Gasteiger partial charge on any atom is 0.227 e. The fourth-order valence-electron chi connectivity index (χ4n) is 6.27. The molecule has 4 atom stereocenters. The first-order chi connectivity index (χ1) is 13.7. The van der Waals surface area contributed by atoms with Crippen molar-refractivity contribution in [3.63, 3.8) is 0 Å². The number of carbonyl (C=O) groups is 1. The molecule has 0 saturated carbocycles. The highest BCUT2D eigenvalue weighted by atomic mass is 16.5. The van der Waals surface area contributed by atoms with E-state index in [1.54, 1.807) is 12.7 Å². The van der Waals surface area contributed by atoms with Gasteiger partial charge in [0.2, 0.25) is 5.91 Å². The summed E-state index contributed by atoms with van der Waals surface area (Å²) >= 11 is 0. The van der Waals surface area contributed by atoms with Crippen LogP contribution in [0.5, 0.6) is 5.75 Å². The molecule has 0 spiro atoms. The van der Waals surface area contributed by atoms with Crippen molar-refractivity contribution < 1.29 is 9.53 Å². The molecule has 3 fully saturated rings. The van der Waals surface area contributed by atoms with Gasteiger partial charge in [-0.15, -0.1) is 0 Å². The Kier molecular flexibility index (Phi) is 4.92. The van der Waals surface area contributed by atoms with Gasteiger partial charge in [-0.1, -0.05) is 30.2 Å². The Bertz CT molecular complexity index is 756. The largest absolute Gasteiger partial charge is 0.497 e. The number of carbonyl (C=O) groups excluding carboxylic acids is 1. The standard InChI is InChI=1S/C24H32N2O2/c1-28-21-9-7-17(8-10-21)13-23(27)26-12-4-5-18-14-19-15-20(24(18)26)16-25-11-3-2-6-22(19)25/h7-10,14,19-20,22,24H,2-6,11-13,15-16H2,1H3/t19-,20-,22-,24-/m0/s1. The third-order valence-corrected chi connectivity index (χ3v) is 7.49. The highest BCUT2D eigenvalue weighted by Gasteiger charge is 2.46. The second-order valence-electron chi connectivity index (χ2n) is 9.12. The molecule has 3 saturated heterocycles. The number of likely N-dealkylation sites (tertiary alicyclic amines) is 1. The monoisotopic (exact) mass is 380 g/mol. The van der Waals surface area contributed by atoms with Crippen molar-refractivity contribution in [2.24, 2.45) is 11.8 Å². The molecule has 3 heterocycles. The summed E-state index contributed by atoms with van der Waals surface area (Å²) < 4.78 is 5.24. The van der Waals surface area contributed by atoms with Crippen LogP contribution in [0.4, 0.5) is 0 Å². The number of nitrogens with zero attached hydrogens (tertiary/aromatic N) is 2. The van der Waals surface area contributed by atoms with Gasteiger partial charge in [0.05, 0.1) is 19.6 Å². The Labute approximate surface area is 168 Å². The van der Waals surface area contributed by atoms with E-state index in [1.165, 1.54) is 45.2 Å². The molecular formula is C24H32N2O2. The van der Waals surface area contributed by atoms with Crippen LogP contribution in [0.1, 0.15) is 44.1 Å². The summed E-state index contributed by atoms with van der Waals surface area (Å²) in [5, 5.41) is 0. The fraction of sp³-hybridized carbons (Fsp3) is 0.625. The Hall–Kier alpha value is -1.81. The van der Waals surface area contributed by atoms with Crippen molar-refractivity contribution in [1.29, 1.82) is 0 Å². The van der Waals surface area contributed by atoms with Crippen molar-refractivity contribution in [3.05, 3.63) is 41.5 Å². The molecule has 1 amide bonds. The van der Waals surface area contributed by atoms with Gasteiger partial charge in [0, 0.05) is 19.1 Å². The maximum absolute atomic E-state index is 13.3. The van der Waals surface area contributed by atoms with Crippen molar-refractivity contribution >= 4 is 5.91 Å². The van der Waals surface area contributed by atoms with Crippen LogP contribution in [0.3, 0.4) is 0 Å². The quantitative estimate of drug-likeness (QED) is 0.751. The van der Waals surface area contributed by atoms with E-state index in [-0.39, 0.29) is 0 Å². The predicted octanol–water partition coefficient (Wildman–Crippen LogP) is 3.66. The summed E-state index contributed by atoms with van der Waals surface area (Å²) in [5.41, 5.74) is 2.65. The Balaban J connectivity index is 1.35. The van der Waals surface area contributed by atoms with E-state index in [2.05, 4.69) is 15.9 Å². The molecule has 2 bridgehead atoms. The number of piperidine rings is 3. The minimum atomic E-state index is 0.292. The lowest BCUT2D eigenvalue weighted by Crippen LogP contribution is -2.60. The summed E-state index contributed by atoms with van der Waals surface area (Å²) in [6.07, 6.45) is 10.8. The molecule has 1 aromatic carbocycles. The van der Waals surface area contributed by atoms with Crippen LogP contribution in [-0.4, -0.2) is 54.5 Å². The van der Waals surface area contributed by atoms with Crippen molar-refractivity contribution in [1.82, 2.24) is 9.80 Å². The molecule has 0 aromatic heterocycles.